The summed E-state index contributed by atoms with van der Waals surface area (Å²) in [6.45, 7) is 0.470. The molecule has 2 aromatic rings. The molecule has 38 heavy (non-hydrogen) atoms. The zero-order valence-electron chi connectivity index (χ0n) is 20.5. The molecule has 0 saturated heterocycles. The monoisotopic (exact) mass is 517 g/mol. The smallest absolute Gasteiger partial charge is 0.413 e. The maximum atomic E-state index is 12.9. The van der Waals surface area contributed by atoms with Crippen LogP contribution in [-0.4, -0.2) is 61.2 Å². The van der Waals surface area contributed by atoms with E-state index < -0.39 is 18.0 Å². The Labute approximate surface area is 219 Å². The largest absolute Gasteiger partial charge is 0.482 e. The van der Waals surface area contributed by atoms with E-state index in [4.69, 9.17) is 14.9 Å². The molecule has 196 valence electrons. The molecule has 10 heteroatoms. The Morgan fingerprint density at radius 3 is 2.58 bits per heavy atom. The van der Waals surface area contributed by atoms with Crippen molar-refractivity contribution in [2.24, 2.45) is 11.8 Å². The number of nitrogens with zero attached hydrogens (tertiary/aromatic N) is 1. The van der Waals surface area contributed by atoms with E-state index in [0.29, 0.717) is 24.3 Å². The van der Waals surface area contributed by atoms with Crippen LogP contribution in [0.15, 0.2) is 78.5 Å². The number of carbonyl (C=O) groups excluding carboxylic acids is 4. The molecular weight excluding hydrogens is 490 g/mol. The van der Waals surface area contributed by atoms with Gasteiger partial charge < -0.3 is 24.4 Å². The third-order valence-corrected chi connectivity index (χ3v) is 6.14. The van der Waals surface area contributed by atoms with E-state index in [0.717, 1.165) is 11.1 Å². The van der Waals surface area contributed by atoms with Gasteiger partial charge in [-0.15, -0.1) is 0 Å². The van der Waals surface area contributed by atoms with Crippen LogP contribution in [0.4, 0.5) is 4.79 Å². The molecule has 2 atom stereocenters. The minimum absolute atomic E-state index is 0.0485. The number of Topliss-reactive ketones (excluding diaryl/α,β-unsaturated/α-hetero) is 2. The number of ketones is 2. The van der Waals surface area contributed by atoms with E-state index >= 15 is 0 Å². The number of fused-ring (bicyclic) bond motifs is 1. The van der Waals surface area contributed by atoms with Crippen molar-refractivity contribution in [3.63, 3.8) is 0 Å². The van der Waals surface area contributed by atoms with Gasteiger partial charge in [-0.25, -0.2) is 9.59 Å². The van der Waals surface area contributed by atoms with Crippen molar-refractivity contribution in [1.29, 1.82) is 5.41 Å². The Bertz CT molecular complexity index is 1250. The summed E-state index contributed by atoms with van der Waals surface area (Å²) in [7, 11) is 0. The second-order valence-corrected chi connectivity index (χ2v) is 8.77. The topological polar surface area (TPSA) is 135 Å². The number of allylic oxidation sites excluding steroid dienone is 1. The summed E-state index contributed by atoms with van der Waals surface area (Å²) in [6.07, 6.45) is 5.09. The van der Waals surface area contributed by atoms with Crippen LogP contribution in [-0.2, 0) is 25.7 Å². The van der Waals surface area contributed by atoms with Gasteiger partial charge in [0.2, 0.25) is 0 Å². The van der Waals surface area contributed by atoms with Gasteiger partial charge in [-0.1, -0.05) is 42.5 Å². The third kappa shape index (κ3) is 6.94. The number of ether oxygens (including phenoxy) is 3. The molecule has 0 aromatic heterocycles. The highest BCUT2D eigenvalue weighted by atomic mass is 16.6. The molecule has 2 aromatic carbocycles. The lowest BCUT2D eigenvalue weighted by Gasteiger charge is -2.23. The maximum absolute atomic E-state index is 12.9. The van der Waals surface area contributed by atoms with Crippen LogP contribution in [0.25, 0.3) is 0 Å². The predicted molar refractivity (Wildman–Crippen MR) is 137 cm³/mol. The molecular formula is C28H27N3O7. The van der Waals surface area contributed by atoms with Crippen LogP contribution < -0.4 is 10.1 Å². The van der Waals surface area contributed by atoms with Crippen LogP contribution >= 0.6 is 0 Å². The highest BCUT2D eigenvalue weighted by Crippen LogP contribution is 2.31. The number of hydrogen-bond acceptors (Lipinski definition) is 9. The summed E-state index contributed by atoms with van der Waals surface area (Å²) >= 11 is 0. The summed E-state index contributed by atoms with van der Waals surface area (Å²) in [5, 5.41) is 9.22. The standard InChI is InChI=1S/C28H27N3O7/c29-18-38-28(35)30-12-21-6-7-22-13-31(14-24(22)27(21)34)15-25(32)20-8-10-23(11-9-20)36-17-26(33)37-16-19-4-2-1-3-5-19/h1-11,13,18,21,24,29H,12,14-17H2,(H,30,35). The minimum atomic E-state index is -0.791. The van der Waals surface area contributed by atoms with Gasteiger partial charge in [0, 0.05) is 24.9 Å². The quantitative estimate of drug-likeness (QED) is 0.201. The Morgan fingerprint density at radius 2 is 1.84 bits per heavy atom. The lowest BCUT2D eigenvalue weighted by atomic mass is 9.83. The number of carbonyl (C=O) groups is 4. The van der Waals surface area contributed by atoms with Gasteiger partial charge in [0.05, 0.1) is 18.4 Å². The fourth-order valence-electron chi connectivity index (χ4n) is 4.19. The van der Waals surface area contributed by atoms with Gasteiger partial charge in [-0.2, -0.15) is 0 Å². The van der Waals surface area contributed by atoms with E-state index in [-0.39, 0.29) is 43.8 Å². The molecule has 2 aliphatic rings. The molecule has 4 rings (SSSR count). The summed E-state index contributed by atoms with van der Waals surface area (Å²) in [5.41, 5.74) is 2.19. The third-order valence-electron chi connectivity index (χ3n) is 6.14. The number of nitrogens with one attached hydrogen (secondary N) is 2. The first kappa shape index (κ1) is 26.3. The summed E-state index contributed by atoms with van der Waals surface area (Å²) in [5.74, 6) is -1.12. The lowest BCUT2D eigenvalue weighted by molar-refractivity contribution is -0.147. The van der Waals surface area contributed by atoms with Crippen molar-refractivity contribution in [3.05, 3.63) is 89.6 Å². The first-order valence-electron chi connectivity index (χ1n) is 12.0. The molecule has 1 heterocycles. The van der Waals surface area contributed by atoms with Crippen LogP contribution in [0, 0.1) is 17.2 Å². The van der Waals surface area contributed by atoms with Crippen molar-refractivity contribution >= 4 is 30.0 Å². The van der Waals surface area contributed by atoms with E-state index in [1.54, 1.807) is 35.2 Å². The van der Waals surface area contributed by atoms with Crippen LogP contribution in [0.3, 0.4) is 0 Å². The second kappa shape index (κ2) is 12.5. The van der Waals surface area contributed by atoms with Gasteiger partial charge in [0.25, 0.3) is 0 Å². The summed E-state index contributed by atoms with van der Waals surface area (Å²) < 4.78 is 15.0. The highest BCUT2D eigenvalue weighted by molar-refractivity contribution is 5.98. The first-order chi connectivity index (χ1) is 18.4. The zero-order valence-corrected chi connectivity index (χ0v) is 20.5. The van der Waals surface area contributed by atoms with E-state index in [2.05, 4.69) is 10.1 Å². The molecule has 0 radical (unpaired) electrons. The average molecular weight is 518 g/mol. The first-order valence-corrected chi connectivity index (χ1v) is 12.0. The van der Waals surface area contributed by atoms with Gasteiger partial charge in [0.15, 0.2) is 24.6 Å². The van der Waals surface area contributed by atoms with Crippen molar-refractivity contribution in [3.8, 4) is 5.75 Å². The molecule has 0 bridgehead atoms. The zero-order chi connectivity index (χ0) is 26.9. The highest BCUT2D eigenvalue weighted by Gasteiger charge is 2.36. The molecule has 0 fully saturated rings. The Morgan fingerprint density at radius 1 is 1.08 bits per heavy atom. The SMILES string of the molecule is N=COC(=O)NCC1C=CC2=CN(CC(=O)c3ccc(OCC(=O)OCc4ccccc4)cc3)CC2C1=O. The maximum Gasteiger partial charge on any atom is 0.413 e. The van der Waals surface area contributed by atoms with Gasteiger partial charge in [-0.3, -0.25) is 15.0 Å². The molecule has 0 saturated carbocycles. The van der Waals surface area contributed by atoms with Gasteiger partial charge in [-0.05, 0) is 35.4 Å². The van der Waals surface area contributed by atoms with Gasteiger partial charge >= 0.3 is 12.1 Å². The van der Waals surface area contributed by atoms with Crippen molar-refractivity contribution in [2.45, 2.75) is 6.61 Å². The Balaban J connectivity index is 1.22. The van der Waals surface area contributed by atoms with E-state index in [1.165, 1.54) is 0 Å². The fraction of sp³-hybridized carbons (Fsp3) is 0.250. The lowest BCUT2D eigenvalue weighted by Crippen LogP contribution is -2.38. The molecule has 10 nitrogen and oxygen atoms in total. The van der Waals surface area contributed by atoms with Crippen LogP contribution in [0.1, 0.15) is 15.9 Å². The molecule has 1 aliphatic heterocycles. The molecule has 2 unspecified atom stereocenters. The van der Waals surface area contributed by atoms with Gasteiger partial charge in [0.1, 0.15) is 12.4 Å². The normalized spacial score (nSPS) is 17.7. The van der Waals surface area contributed by atoms with E-state index in [1.807, 2.05) is 42.6 Å². The summed E-state index contributed by atoms with van der Waals surface area (Å²) in [6, 6.07) is 15.8. The number of amides is 1. The fourth-order valence-corrected chi connectivity index (χ4v) is 4.19. The van der Waals surface area contributed by atoms with Crippen molar-refractivity contribution in [1.82, 2.24) is 10.2 Å². The number of alkyl carbamates (subject to hydrolysis) is 1. The average Bonchev–Trinajstić information content (AvgIpc) is 3.34. The Kier molecular flexibility index (Phi) is 8.65. The second-order valence-electron chi connectivity index (χ2n) is 8.77. The molecule has 0 spiro atoms. The van der Waals surface area contributed by atoms with Crippen LogP contribution in [0.5, 0.6) is 5.75 Å². The molecule has 1 aliphatic carbocycles. The van der Waals surface area contributed by atoms with E-state index in [9.17, 15) is 19.2 Å². The van der Waals surface area contributed by atoms with Crippen LogP contribution in [0.2, 0.25) is 0 Å². The predicted octanol–water partition coefficient (Wildman–Crippen LogP) is 2.90. The summed E-state index contributed by atoms with van der Waals surface area (Å²) in [4.78, 5) is 50.8. The number of esters is 1. The number of benzene rings is 2. The van der Waals surface area contributed by atoms with Crippen molar-refractivity contribution in [2.75, 3.05) is 26.2 Å². The molecule has 2 N–H and O–H groups in total. The van der Waals surface area contributed by atoms with Crippen molar-refractivity contribution < 1.29 is 33.4 Å². The molecule has 1 amide bonds. The Hall–Kier alpha value is -4.73. The minimum Gasteiger partial charge on any atom is -0.482 e. The number of rotatable bonds is 11. The number of hydrogen-bond donors (Lipinski definition) is 2.